The van der Waals surface area contributed by atoms with Crippen molar-refractivity contribution in [1.82, 2.24) is 10.2 Å². The number of aromatic carboxylic acids is 1. The van der Waals surface area contributed by atoms with Crippen molar-refractivity contribution >= 4 is 27.9 Å². The molecular formula is C8H9BrN2O4. The van der Waals surface area contributed by atoms with Gasteiger partial charge in [0.15, 0.2) is 5.69 Å². The Kier molecular flexibility index (Phi) is 3.46. The van der Waals surface area contributed by atoms with E-state index in [1.54, 1.807) is 6.92 Å². The number of nitrogens with one attached hydrogen (secondary N) is 1. The quantitative estimate of drug-likeness (QED) is 0.772. The molecule has 1 atom stereocenters. The first-order valence-corrected chi connectivity index (χ1v) is 4.91. The minimum absolute atomic E-state index is 0.0835. The Hall–Kier alpha value is -1.37. The predicted molar refractivity (Wildman–Crippen MR) is 53.9 cm³/mol. The maximum atomic E-state index is 10.7. The first kappa shape index (κ1) is 11.7. The van der Waals surface area contributed by atoms with Crippen molar-refractivity contribution in [3.63, 3.8) is 0 Å². The topological polar surface area (TPSA) is 103 Å². The number of aliphatic carboxylic acids is 1. The standard InChI is InChI=1S/C8H9BrN2O4/c1-3(2-4(12)13)6-5(9)7(8(14)15)11-10-6/h3H,2H2,1H3,(H,10,11)(H,12,13)(H,14,15). The van der Waals surface area contributed by atoms with Gasteiger partial charge in [-0.3, -0.25) is 9.89 Å². The molecule has 1 rings (SSSR count). The maximum absolute atomic E-state index is 10.7. The summed E-state index contributed by atoms with van der Waals surface area (Å²) in [5, 5.41) is 23.4. The van der Waals surface area contributed by atoms with Crippen LogP contribution in [0.5, 0.6) is 0 Å². The van der Waals surface area contributed by atoms with E-state index in [9.17, 15) is 9.59 Å². The van der Waals surface area contributed by atoms with E-state index in [0.717, 1.165) is 0 Å². The number of carbonyl (C=O) groups is 2. The molecule has 15 heavy (non-hydrogen) atoms. The monoisotopic (exact) mass is 276 g/mol. The Morgan fingerprint density at radius 3 is 2.53 bits per heavy atom. The van der Waals surface area contributed by atoms with Gasteiger partial charge < -0.3 is 10.2 Å². The molecule has 0 saturated carbocycles. The summed E-state index contributed by atoms with van der Waals surface area (Å²) in [6.45, 7) is 1.68. The van der Waals surface area contributed by atoms with Crippen LogP contribution in [0.2, 0.25) is 0 Å². The van der Waals surface area contributed by atoms with Crippen LogP contribution in [-0.2, 0) is 4.79 Å². The first-order valence-electron chi connectivity index (χ1n) is 4.12. The Bertz CT molecular complexity index is 401. The summed E-state index contributed by atoms with van der Waals surface area (Å²) in [6, 6.07) is 0. The third kappa shape index (κ3) is 2.56. The van der Waals surface area contributed by atoms with Crippen LogP contribution in [0.25, 0.3) is 0 Å². The van der Waals surface area contributed by atoms with Crippen LogP contribution in [-0.4, -0.2) is 32.3 Å². The number of carboxylic acid groups (broad SMARTS) is 2. The van der Waals surface area contributed by atoms with Crippen molar-refractivity contribution in [3.05, 3.63) is 15.9 Å². The molecule has 1 unspecified atom stereocenters. The summed E-state index contributed by atoms with van der Waals surface area (Å²) in [4.78, 5) is 21.1. The van der Waals surface area contributed by atoms with Crippen molar-refractivity contribution in [2.45, 2.75) is 19.3 Å². The van der Waals surface area contributed by atoms with Gasteiger partial charge in [0.25, 0.3) is 0 Å². The molecule has 0 bridgehead atoms. The summed E-state index contributed by atoms with van der Waals surface area (Å²) in [5.74, 6) is -2.43. The third-order valence-electron chi connectivity index (χ3n) is 1.91. The average molecular weight is 277 g/mol. The molecule has 1 heterocycles. The Labute approximate surface area is 93.4 Å². The number of H-pyrrole nitrogens is 1. The van der Waals surface area contributed by atoms with E-state index in [1.165, 1.54) is 0 Å². The minimum atomic E-state index is -1.16. The number of aromatic amines is 1. The second kappa shape index (κ2) is 4.43. The van der Waals surface area contributed by atoms with Gasteiger partial charge in [-0.2, -0.15) is 5.10 Å². The molecule has 1 aromatic rings. The summed E-state index contributed by atoms with van der Waals surface area (Å²) in [7, 11) is 0. The number of hydrogen-bond donors (Lipinski definition) is 3. The molecule has 3 N–H and O–H groups in total. The zero-order chi connectivity index (χ0) is 11.6. The second-order valence-corrected chi connectivity index (χ2v) is 3.90. The minimum Gasteiger partial charge on any atom is -0.481 e. The predicted octanol–water partition coefficient (Wildman–Crippen LogP) is 1.45. The fourth-order valence-electron chi connectivity index (χ4n) is 1.17. The lowest BCUT2D eigenvalue weighted by atomic mass is 10.0. The Morgan fingerprint density at radius 2 is 2.13 bits per heavy atom. The zero-order valence-corrected chi connectivity index (χ0v) is 9.41. The molecule has 0 amide bonds. The molecule has 0 aliphatic heterocycles. The lowest BCUT2D eigenvalue weighted by Crippen LogP contribution is -2.04. The van der Waals surface area contributed by atoms with E-state index in [0.29, 0.717) is 10.2 Å². The van der Waals surface area contributed by atoms with E-state index >= 15 is 0 Å². The normalized spacial score (nSPS) is 12.4. The van der Waals surface area contributed by atoms with Gasteiger partial charge in [0.05, 0.1) is 16.6 Å². The van der Waals surface area contributed by atoms with Crippen molar-refractivity contribution in [2.75, 3.05) is 0 Å². The lowest BCUT2D eigenvalue weighted by Gasteiger charge is -2.05. The van der Waals surface area contributed by atoms with E-state index in [1.807, 2.05) is 0 Å². The van der Waals surface area contributed by atoms with E-state index in [4.69, 9.17) is 10.2 Å². The molecule has 0 aliphatic rings. The lowest BCUT2D eigenvalue weighted by molar-refractivity contribution is -0.137. The van der Waals surface area contributed by atoms with Gasteiger partial charge >= 0.3 is 11.9 Å². The van der Waals surface area contributed by atoms with Crippen molar-refractivity contribution in [2.24, 2.45) is 0 Å². The van der Waals surface area contributed by atoms with Gasteiger partial charge in [0.2, 0.25) is 0 Å². The average Bonchev–Trinajstić information content (AvgIpc) is 2.45. The number of carboxylic acids is 2. The van der Waals surface area contributed by atoms with Crippen LogP contribution in [0.1, 0.15) is 35.4 Å². The molecule has 0 spiro atoms. The van der Waals surface area contributed by atoms with Crippen LogP contribution in [0.15, 0.2) is 4.47 Å². The highest BCUT2D eigenvalue weighted by atomic mass is 79.9. The fourth-order valence-corrected chi connectivity index (χ4v) is 1.91. The van der Waals surface area contributed by atoms with Crippen molar-refractivity contribution < 1.29 is 19.8 Å². The third-order valence-corrected chi connectivity index (χ3v) is 2.71. The van der Waals surface area contributed by atoms with Crippen molar-refractivity contribution in [1.29, 1.82) is 0 Å². The number of nitrogens with zero attached hydrogens (tertiary/aromatic N) is 1. The SMILES string of the molecule is CC(CC(=O)O)c1[nH]nc(C(=O)O)c1Br. The van der Waals surface area contributed by atoms with E-state index < -0.39 is 11.9 Å². The highest BCUT2D eigenvalue weighted by molar-refractivity contribution is 9.10. The van der Waals surface area contributed by atoms with Crippen molar-refractivity contribution in [3.8, 4) is 0 Å². The van der Waals surface area contributed by atoms with E-state index in [-0.39, 0.29) is 18.0 Å². The van der Waals surface area contributed by atoms with Gasteiger partial charge in [-0.1, -0.05) is 6.92 Å². The van der Waals surface area contributed by atoms with Gasteiger partial charge in [-0.15, -0.1) is 0 Å². The van der Waals surface area contributed by atoms with Crippen LogP contribution in [0, 0.1) is 0 Å². The highest BCUT2D eigenvalue weighted by Gasteiger charge is 2.21. The second-order valence-electron chi connectivity index (χ2n) is 3.10. The molecule has 0 fully saturated rings. The molecule has 6 nitrogen and oxygen atoms in total. The Balaban J connectivity index is 2.96. The van der Waals surface area contributed by atoms with Crippen LogP contribution >= 0.6 is 15.9 Å². The summed E-state index contributed by atoms with van der Waals surface area (Å²) in [5.41, 5.74) is 0.344. The fraction of sp³-hybridized carbons (Fsp3) is 0.375. The molecule has 82 valence electrons. The van der Waals surface area contributed by atoms with Crippen LogP contribution < -0.4 is 0 Å². The largest absolute Gasteiger partial charge is 0.481 e. The number of halogens is 1. The molecule has 0 saturated heterocycles. The van der Waals surface area contributed by atoms with Gasteiger partial charge in [-0.05, 0) is 15.9 Å². The smallest absolute Gasteiger partial charge is 0.357 e. The van der Waals surface area contributed by atoms with Gasteiger partial charge in [0, 0.05) is 5.92 Å². The molecule has 0 radical (unpaired) electrons. The Morgan fingerprint density at radius 1 is 1.53 bits per heavy atom. The van der Waals surface area contributed by atoms with Gasteiger partial charge in [-0.25, -0.2) is 4.79 Å². The molecule has 0 aromatic carbocycles. The van der Waals surface area contributed by atoms with Crippen LogP contribution in [0.3, 0.4) is 0 Å². The maximum Gasteiger partial charge on any atom is 0.357 e. The number of rotatable bonds is 4. The summed E-state index contributed by atoms with van der Waals surface area (Å²) < 4.78 is 0.309. The summed E-state index contributed by atoms with van der Waals surface area (Å²) >= 11 is 3.07. The number of aromatic nitrogens is 2. The van der Waals surface area contributed by atoms with Gasteiger partial charge in [0.1, 0.15) is 0 Å². The molecular weight excluding hydrogens is 268 g/mol. The summed E-state index contributed by atoms with van der Waals surface area (Å²) in [6.07, 6.45) is -0.0835. The van der Waals surface area contributed by atoms with E-state index in [2.05, 4.69) is 26.1 Å². The molecule has 0 aliphatic carbocycles. The first-order chi connectivity index (χ1) is 6.93. The molecule has 7 heteroatoms. The zero-order valence-electron chi connectivity index (χ0n) is 7.82. The number of hydrogen-bond acceptors (Lipinski definition) is 3. The van der Waals surface area contributed by atoms with Crippen LogP contribution in [0.4, 0.5) is 0 Å². The highest BCUT2D eigenvalue weighted by Crippen LogP contribution is 2.27. The molecule has 1 aromatic heterocycles.